The van der Waals surface area contributed by atoms with Gasteiger partial charge in [-0.15, -0.1) is 0 Å². The smallest absolute Gasteiger partial charge is 0.273 e. The van der Waals surface area contributed by atoms with Gasteiger partial charge in [-0.2, -0.15) is 0 Å². The van der Waals surface area contributed by atoms with Gasteiger partial charge < -0.3 is 24.1 Å². The van der Waals surface area contributed by atoms with Crippen LogP contribution in [-0.2, 0) is 4.74 Å². The van der Waals surface area contributed by atoms with E-state index in [0.29, 0.717) is 25.5 Å². The number of nitrogens with one attached hydrogen (secondary N) is 1. The van der Waals surface area contributed by atoms with Crippen LogP contribution in [0.25, 0.3) is 11.3 Å². The molecular formula is C24H27N3O5. The molecule has 1 aliphatic rings. The van der Waals surface area contributed by atoms with Crippen molar-refractivity contribution in [2.75, 3.05) is 47.1 Å². The summed E-state index contributed by atoms with van der Waals surface area (Å²) in [6.07, 6.45) is 0. The Bertz CT molecular complexity index is 1030. The third-order valence-electron chi connectivity index (χ3n) is 5.56. The highest BCUT2D eigenvalue weighted by Gasteiger charge is 2.26. The molecule has 1 amide bonds. The molecular weight excluding hydrogens is 410 g/mol. The van der Waals surface area contributed by atoms with E-state index in [1.807, 2.05) is 48.5 Å². The molecule has 0 spiro atoms. The van der Waals surface area contributed by atoms with E-state index in [4.69, 9.17) is 18.7 Å². The molecule has 0 saturated carbocycles. The number of amides is 1. The second kappa shape index (κ2) is 10.3. The minimum Gasteiger partial charge on any atom is -0.497 e. The number of nitrogens with zero attached hydrogens (tertiary/aromatic N) is 2. The van der Waals surface area contributed by atoms with Crippen molar-refractivity contribution < 1.29 is 23.5 Å². The summed E-state index contributed by atoms with van der Waals surface area (Å²) in [5.74, 6) is 1.77. The van der Waals surface area contributed by atoms with Gasteiger partial charge in [0.15, 0.2) is 11.5 Å². The maximum atomic E-state index is 12.8. The minimum absolute atomic E-state index is 0.0491. The molecule has 0 aliphatic carbocycles. The van der Waals surface area contributed by atoms with Crippen molar-refractivity contribution in [3.05, 3.63) is 65.9 Å². The van der Waals surface area contributed by atoms with Crippen molar-refractivity contribution in [1.82, 2.24) is 15.4 Å². The molecule has 8 heteroatoms. The van der Waals surface area contributed by atoms with Crippen molar-refractivity contribution >= 4 is 5.91 Å². The first-order valence-corrected chi connectivity index (χ1v) is 10.5. The van der Waals surface area contributed by atoms with Crippen LogP contribution in [0.1, 0.15) is 22.1 Å². The van der Waals surface area contributed by atoms with Crippen molar-refractivity contribution in [3.63, 3.8) is 0 Å². The van der Waals surface area contributed by atoms with Crippen LogP contribution in [0.2, 0.25) is 0 Å². The van der Waals surface area contributed by atoms with Gasteiger partial charge in [-0.25, -0.2) is 0 Å². The predicted molar refractivity (Wildman–Crippen MR) is 119 cm³/mol. The van der Waals surface area contributed by atoms with E-state index in [1.54, 1.807) is 20.3 Å². The van der Waals surface area contributed by atoms with Gasteiger partial charge in [-0.3, -0.25) is 9.69 Å². The number of carbonyl (C=O) groups excluding carboxylic acids is 1. The molecule has 4 rings (SSSR count). The van der Waals surface area contributed by atoms with Gasteiger partial charge in [-0.05, 0) is 30.3 Å². The first-order chi connectivity index (χ1) is 15.7. The summed E-state index contributed by atoms with van der Waals surface area (Å²) >= 11 is 0. The number of para-hydroxylation sites is 1. The fraction of sp³-hybridized carbons (Fsp3) is 0.333. The number of methoxy groups -OCH3 is 2. The van der Waals surface area contributed by atoms with Crippen LogP contribution < -0.4 is 14.8 Å². The summed E-state index contributed by atoms with van der Waals surface area (Å²) in [4.78, 5) is 15.1. The highest BCUT2D eigenvalue weighted by atomic mass is 16.5. The molecule has 1 saturated heterocycles. The lowest BCUT2D eigenvalue weighted by Gasteiger charge is -2.35. The molecule has 0 bridgehead atoms. The fourth-order valence-electron chi connectivity index (χ4n) is 3.82. The normalized spacial score (nSPS) is 15.2. The van der Waals surface area contributed by atoms with E-state index >= 15 is 0 Å². The topological polar surface area (TPSA) is 86.1 Å². The lowest BCUT2D eigenvalue weighted by atomic mass is 10.0. The summed E-state index contributed by atoms with van der Waals surface area (Å²) in [7, 11) is 3.27. The molecule has 1 aliphatic heterocycles. The average Bonchev–Trinajstić information content (AvgIpc) is 3.35. The molecule has 168 valence electrons. The first kappa shape index (κ1) is 21.9. The number of rotatable bonds is 8. The monoisotopic (exact) mass is 437 g/mol. The molecule has 0 radical (unpaired) electrons. The molecule has 2 heterocycles. The van der Waals surface area contributed by atoms with Crippen LogP contribution in [0.5, 0.6) is 11.5 Å². The number of hydrogen-bond acceptors (Lipinski definition) is 7. The van der Waals surface area contributed by atoms with Crippen LogP contribution in [-0.4, -0.2) is 63.0 Å². The molecule has 1 atom stereocenters. The quantitative estimate of drug-likeness (QED) is 0.579. The average molecular weight is 437 g/mol. The molecule has 2 aromatic carbocycles. The Balaban J connectivity index is 1.48. The number of aromatic nitrogens is 1. The van der Waals surface area contributed by atoms with E-state index < -0.39 is 0 Å². The molecule has 1 aromatic heterocycles. The summed E-state index contributed by atoms with van der Waals surface area (Å²) in [5.41, 5.74) is 2.07. The second-order valence-electron chi connectivity index (χ2n) is 7.42. The van der Waals surface area contributed by atoms with Crippen molar-refractivity contribution in [2.45, 2.75) is 6.04 Å². The standard InChI is InChI=1S/C24H27N3O5/c1-29-18-9-7-17(8-10-18)23-15-20(26-32-23)24(28)25-16-21(27-11-13-31-14-12-27)19-5-3-4-6-22(19)30-2/h3-10,15,21H,11-14,16H2,1-2H3,(H,25,28)/t21-/m0/s1. The summed E-state index contributed by atoms with van der Waals surface area (Å²) < 4.78 is 21.6. The number of carbonyl (C=O) groups is 1. The van der Waals surface area contributed by atoms with E-state index in [0.717, 1.165) is 35.7 Å². The number of ether oxygens (including phenoxy) is 3. The highest BCUT2D eigenvalue weighted by Crippen LogP contribution is 2.30. The molecule has 3 aromatic rings. The zero-order valence-electron chi connectivity index (χ0n) is 18.2. The molecule has 32 heavy (non-hydrogen) atoms. The maximum absolute atomic E-state index is 12.8. The van der Waals surface area contributed by atoms with Gasteiger partial charge in [0.1, 0.15) is 11.5 Å². The van der Waals surface area contributed by atoms with Crippen molar-refractivity contribution in [2.24, 2.45) is 0 Å². The molecule has 1 N–H and O–H groups in total. The fourth-order valence-corrected chi connectivity index (χ4v) is 3.82. The lowest BCUT2D eigenvalue weighted by molar-refractivity contribution is 0.0157. The van der Waals surface area contributed by atoms with E-state index in [-0.39, 0.29) is 17.6 Å². The summed E-state index contributed by atoms with van der Waals surface area (Å²) in [6, 6.07) is 16.9. The Kier molecular flexibility index (Phi) is 7.03. The van der Waals surface area contributed by atoms with Gasteiger partial charge in [0, 0.05) is 36.8 Å². The van der Waals surface area contributed by atoms with Crippen molar-refractivity contribution in [1.29, 1.82) is 0 Å². The van der Waals surface area contributed by atoms with Crippen molar-refractivity contribution in [3.8, 4) is 22.8 Å². The molecule has 0 unspecified atom stereocenters. The van der Waals surface area contributed by atoms with Crippen LogP contribution in [0.3, 0.4) is 0 Å². The third-order valence-corrected chi connectivity index (χ3v) is 5.56. The Morgan fingerprint density at radius 2 is 1.84 bits per heavy atom. The van der Waals surface area contributed by atoms with E-state index in [9.17, 15) is 4.79 Å². The van der Waals surface area contributed by atoms with E-state index in [2.05, 4.69) is 15.4 Å². The second-order valence-corrected chi connectivity index (χ2v) is 7.42. The van der Waals surface area contributed by atoms with Gasteiger partial charge in [0.2, 0.25) is 0 Å². The first-order valence-electron chi connectivity index (χ1n) is 10.5. The predicted octanol–water partition coefficient (Wildman–Crippen LogP) is 3.16. The number of hydrogen-bond donors (Lipinski definition) is 1. The Hall–Kier alpha value is -3.36. The maximum Gasteiger partial charge on any atom is 0.273 e. The van der Waals surface area contributed by atoms with Crippen LogP contribution in [0.15, 0.2) is 59.1 Å². The van der Waals surface area contributed by atoms with Gasteiger partial charge in [-0.1, -0.05) is 23.4 Å². The summed E-state index contributed by atoms with van der Waals surface area (Å²) in [5, 5.41) is 6.97. The molecule has 1 fully saturated rings. The third kappa shape index (κ3) is 4.92. The zero-order valence-corrected chi connectivity index (χ0v) is 18.2. The Morgan fingerprint density at radius 1 is 1.09 bits per heavy atom. The summed E-state index contributed by atoms with van der Waals surface area (Å²) in [6.45, 7) is 3.29. The number of benzene rings is 2. The lowest BCUT2D eigenvalue weighted by Crippen LogP contribution is -2.44. The SMILES string of the molecule is COc1ccc(-c2cc(C(=O)NC[C@@H](c3ccccc3OC)N3CCOCC3)no2)cc1. The highest BCUT2D eigenvalue weighted by molar-refractivity contribution is 5.93. The largest absolute Gasteiger partial charge is 0.497 e. The zero-order chi connectivity index (χ0) is 22.3. The number of morpholine rings is 1. The van der Waals surface area contributed by atoms with Gasteiger partial charge in [0.25, 0.3) is 5.91 Å². The van der Waals surface area contributed by atoms with Crippen LogP contribution in [0.4, 0.5) is 0 Å². The van der Waals surface area contributed by atoms with Gasteiger partial charge >= 0.3 is 0 Å². The minimum atomic E-state index is -0.290. The van der Waals surface area contributed by atoms with Crippen LogP contribution in [0, 0.1) is 0 Å². The Morgan fingerprint density at radius 3 is 2.56 bits per heavy atom. The molecule has 8 nitrogen and oxygen atoms in total. The van der Waals surface area contributed by atoms with E-state index in [1.165, 1.54) is 0 Å². The van der Waals surface area contributed by atoms with Crippen LogP contribution >= 0.6 is 0 Å². The Labute approximate surface area is 187 Å². The van der Waals surface area contributed by atoms with Gasteiger partial charge in [0.05, 0.1) is 33.5 Å².